The van der Waals surface area contributed by atoms with Gasteiger partial charge in [0.05, 0.1) is 78.2 Å². The van der Waals surface area contributed by atoms with Crippen molar-refractivity contribution in [2.45, 2.75) is 165 Å². The SMILES string of the molecule is COc1ccc(-c2c3ccc(OC)cc3c(-c3ccc(OC)cc3F)c3c(-c4ccc(OC)cc4)c4ccc(OC)cc4c(-c4ccc(OC)c(F)c4)c23)cc1.FC(F)(F)c1ccc(-c2c3cc(OC4CCCCC4)ccc3c(-c3ccc(OC4CCCCC4)cc3)c3c(-c4ccc(C(F)(F)F)cc4)c4cc(OC5CCCCC5)ccc4c(-c4ccc(OC5CCCCC5)cc4)c23)cc1. The van der Waals surface area contributed by atoms with Gasteiger partial charge in [-0.15, -0.1) is 0 Å². The van der Waals surface area contributed by atoms with Gasteiger partial charge in [0.15, 0.2) is 11.6 Å². The summed E-state index contributed by atoms with van der Waals surface area (Å²) >= 11 is 0. The second-order valence-corrected chi connectivity index (χ2v) is 35.6. The lowest BCUT2D eigenvalue weighted by Gasteiger charge is -2.28. The van der Waals surface area contributed by atoms with Crippen molar-refractivity contribution in [1.82, 2.24) is 0 Å². The minimum Gasteiger partial charge on any atom is -0.497 e. The molecule has 16 aromatic carbocycles. The fourth-order valence-electron chi connectivity index (χ4n) is 20.9. The number of hydrogen-bond acceptors (Lipinski definition) is 10. The smallest absolute Gasteiger partial charge is 0.416 e. The van der Waals surface area contributed by atoms with E-state index >= 15 is 8.78 Å². The van der Waals surface area contributed by atoms with Crippen molar-refractivity contribution in [2.24, 2.45) is 0 Å². The van der Waals surface area contributed by atoms with E-state index in [0.29, 0.717) is 79.2 Å². The molecular weight excluding hydrogens is 1710 g/mol. The van der Waals surface area contributed by atoms with Crippen molar-refractivity contribution < 1.29 is 82.5 Å². The van der Waals surface area contributed by atoms with Crippen LogP contribution < -0.4 is 47.4 Å². The highest BCUT2D eigenvalue weighted by atomic mass is 19.4. The van der Waals surface area contributed by atoms with Crippen LogP contribution in [0.4, 0.5) is 35.1 Å². The van der Waals surface area contributed by atoms with Crippen molar-refractivity contribution in [3.63, 3.8) is 0 Å². The molecule has 10 nitrogen and oxygen atoms in total. The van der Waals surface area contributed by atoms with E-state index < -0.39 is 35.1 Å². The average molecular weight is 1810 g/mol. The molecule has 16 aromatic rings. The predicted octanol–water partition coefficient (Wildman–Crippen LogP) is 32.8. The Bertz CT molecular complexity index is 6770. The summed E-state index contributed by atoms with van der Waals surface area (Å²) in [5.41, 5.74) is 9.93. The highest BCUT2D eigenvalue weighted by Crippen LogP contribution is 2.59. The highest BCUT2D eigenvalue weighted by Gasteiger charge is 2.36. The van der Waals surface area contributed by atoms with Gasteiger partial charge in [-0.1, -0.05) is 129 Å². The monoisotopic (exact) mass is 1810 g/mol. The molecule has 18 heteroatoms. The van der Waals surface area contributed by atoms with Crippen LogP contribution in [0.5, 0.6) is 57.5 Å². The minimum atomic E-state index is -4.59. The van der Waals surface area contributed by atoms with Crippen molar-refractivity contribution in [1.29, 1.82) is 0 Å². The number of ether oxygens (including phenoxy) is 10. The first kappa shape index (κ1) is 89.7. The number of fused-ring (bicyclic) bond motifs is 6. The van der Waals surface area contributed by atoms with Gasteiger partial charge in [0.25, 0.3) is 0 Å². The molecule has 0 unspecified atom stereocenters. The van der Waals surface area contributed by atoms with E-state index in [9.17, 15) is 26.3 Å². The van der Waals surface area contributed by atoms with E-state index in [4.69, 9.17) is 47.4 Å². The molecule has 4 fully saturated rings. The summed E-state index contributed by atoms with van der Waals surface area (Å²) in [4.78, 5) is 0. The Hall–Kier alpha value is -13.5. The number of rotatable bonds is 22. The second kappa shape index (κ2) is 38.6. The van der Waals surface area contributed by atoms with Crippen molar-refractivity contribution >= 4 is 64.6 Å². The van der Waals surface area contributed by atoms with Crippen molar-refractivity contribution in [3.05, 3.63) is 278 Å². The van der Waals surface area contributed by atoms with E-state index in [1.807, 2.05) is 127 Å². The summed E-state index contributed by atoms with van der Waals surface area (Å²) < 4.78 is 181. The number of alkyl halides is 6. The van der Waals surface area contributed by atoms with Crippen LogP contribution in [0, 0.1) is 11.6 Å². The molecule has 20 rings (SSSR count). The van der Waals surface area contributed by atoms with Crippen LogP contribution in [-0.2, 0) is 12.4 Å². The van der Waals surface area contributed by atoms with E-state index in [1.165, 1.54) is 39.2 Å². The maximum absolute atomic E-state index is 16.9. The third-order valence-corrected chi connectivity index (χ3v) is 27.4. The molecule has 4 aliphatic rings. The van der Waals surface area contributed by atoms with Gasteiger partial charge in [0, 0.05) is 17.2 Å². The Labute approximate surface area is 774 Å². The van der Waals surface area contributed by atoms with Gasteiger partial charge in [0.1, 0.15) is 57.6 Å². The summed E-state index contributed by atoms with van der Waals surface area (Å²) in [5.74, 6) is 4.90. The first-order chi connectivity index (χ1) is 65.2. The van der Waals surface area contributed by atoms with Crippen LogP contribution in [0.15, 0.2) is 255 Å². The fraction of sp³-hybridized carbons (Fsp3) is 0.276. The van der Waals surface area contributed by atoms with Crippen molar-refractivity contribution in [2.75, 3.05) is 42.7 Å². The molecule has 0 aromatic heterocycles. The molecule has 0 amide bonds. The zero-order valence-electron chi connectivity index (χ0n) is 75.8. The van der Waals surface area contributed by atoms with Gasteiger partial charge >= 0.3 is 12.4 Å². The molecule has 0 spiro atoms. The number of benzene rings is 16. The van der Waals surface area contributed by atoms with Crippen LogP contribution in [0.3, 0.4) is 0 Å². The van der Waals surface area contributed by atoms with E-state index in [-0.39, 0.29) is 30.2 Å². The Balaban J connectivity index is 0.000000182. The zero-order chi connectivity index (χ0) is 92.5. The Kier molecular flexibility index (Phi) is 25.9. The molecule has 0 heterocycles. The third kappa shape index (κ3) is 18.1. The highest BCUT2D eigenvalue weighted by molar-refractivity contribution is 6.36. The quantitative estimate of drug-likeness (QED) is 0.0482. The van der Waals surface area contributed by atoms with Gasteiger partial charge in [-0.3, -0.25) is 0 Å². The molecule has 4 saturated carbocycles. The van der Waals surface area contributed by atoms with Crippen LogP contribution in [-0.4, -0.2) is 67.1 Å². The topological polar surface area (TPSA) is 92.3 Å². The van der Waals surface area contributed by atoms with E-state index in [0.717, 1.165) is 266 Å². The third-order valence-electron chi connectivity index (χ3n) is 27.4. The van der Waals surface area contributed by atoms with Gasteiger partial charge in [-0.25, -0.2) is 8.78 Å². The molecule has 684 valence electrons. The first-order valence-corrected chi connectivity index (χ1v) is 46.6. The molecule has 4 aliphatic carbocycles. The maximum atomic E-state index is 16.9. The Morgan fingerprint density at radius 1 is 0.209 bits per heavy atom. The lowest BCUT2D eigenvalue weighted by Crippen LogP contribution is -2.19. The van der Waals surface area contributed by atoms with Gasteiger partial charge in [-0.05, 0) is 391 Å². The molecule has 0 atom stereocenters. The maximum Gasteiger partial charge on any atom is 0.416 e. The van der Waals surface area contributed by atoms with Gasteiger partial charge in [-0.2, -0.15) is 26.3 Å². The molecule has 0 bridgehead atoms. The van der Waals surface area contributed by atoms with Crippen LogP contribution in [0.2, 0.25) is 0 Å². The Morgan fingerprint density at radius 3 is 0.761 bits per heavy atom. The average Bonchev–Trinajstić information content (AvgIpc) is 0.697. The fourth-order valence-corrected chi connectivity index (χ4v) is 20.9. The van der Waals surface area contributed by atoms with Gasteiger partial charge < -0.3 is 47.4 Å². The van der Waals surface area contributed by atoms with Crippen LogP contribution in [0.1, 0.15) is 140 Å². The summed E-state index contributed by atoms with van der Waals surface area (Å²) in [6.07, 6.45) is 12.1. The lowest BCUT2D eigenvalue weighted by molar-refractivity contribution is -0.138. The predicted molar refractivity (Wildman–Crippen MR) is 521 cm³/mol. The molecule has 0 radical (unpaired) electrons. The Morgan fingerprint density at radius 2 is 0.455 bits per heavy atom. The zero-order valence-corrected chi connectivity index (χ0v) is 75.8. The van der Waals surface area contributed by atoms with E-state index in [1.54, 1.807) is 70.9 Å². The number of methoxy groups -OCH3 is 6. The first-order valence-electron chi connectivity index (χ1n) is 46.6. The second-order valence-electron chi connectivity index (χ2n) is 35.6. The summed E-state index contributed by atoms with van der Waals surface area (Å²) in [6, 6.07) is 76.5. The largest absolute Gasteiger partial charge is 0.497 e. The molecule has 134 heavy (non-hydrogen) atoms. The number of hydrogen-bond donors (Lipinski definition) is 0. The molecule has 0 saturated heterocycles. The lowest BCUT2D eigenvalue weighted by atomic mass is 9.77. The van der Waals surface area contributed by atoms with Gasteiger partial charge in [0.2, 0.25) is 0 Å². The van der Waals surface area contributed by atoms with Crippen LogP contribution >= 0.6 is 0 Å². The molecular formula is C116H104F8O10. The molecule has 0 aliphatic heterocycles. The molecule has 0 N–H and O–H groups in total. The van der Waals surface area contributed by atoms with E-state index in [2.05, 4.69) is 48.5 Å². The van der Waals surface area contributed by atoms with Crippen molar-refractivity contribution in [3.8, 4) is 147 Å². The normalized spacial score (nSPS) is 15.0. The summed E-state index contributed by atoms with van der Waals surface area (Å²) in [6.45, 7) is 0. The summed E-state index contributed by atoms with van der Waals surface area (Å²) in [5, 5.41) is 9.35. The van der Waals surface area contributed by atoms with Crippen LogP contribution in [0.25, 0.3) is 154 Å². The minimum absolute atomic E-state index is 0.00694. The standard InChI is InChI=1S/C68H66F6O4.C48H38F2O6/c69-67(70,71)47-29-21-43(22-30-47)63-60-42-56(78-52-19-11-4-12-20-52)38-40-58(60)62(46-27-35-54(36-28-46)76-50-15-7-2-8-16-50)66-64(44-23-31-48(32-24-44)68(72,73)74)59-41-55(77-51-17-9-3-10-18-51)37-39-57(59)61(65(63)66)45-25-33-53(34-26-45)75-49-13-5-1-6-14-49;1-51-30-12-7-27(8-13-30)43-36-20-17-33(54-4)25-39(36)46(37-21-18-34(55-5)26-40(37)49)48-44(28-9-14-31(52-2)15-10-28)35-19-16-32(53-3)24-38(35)45(47(43)48)29-11-22-42(56-6)41(50)23-29/h21-42,49-52H,1-20H2;7-26H,1-6H3. The summed E-state index contributed by atoms with van der Waals surface area (Å²) in [7, 11) is 9.43. The number of halogens is 8.